The van der Waals surface area contributed by atoms with Gasteiger partial charge in [0, 0.05) is 0 Å². The van der Waals surface area contributed by atoms with Crippen LogP contribution in [0, 0.1) is 13.8 Å². The zero-order chi connectivity index (χ0) is 10.0. The smallest absolute Gasteiger partial charge is 0.288 e. The van der Waals surface area contributed by atoms with Gasteiger partial charge in [0.1, 0.15) is 6.33 Å². The molecule has 0 aliphatic rings. The summed E-state index contributed by atoms with van der Waals surface area (Å²) >= 11 is 0. The molecule has 0 aromatic carbocycles. The van der Waals surface area contributed by atoms with Crippen molar-refractivity contribution in [3.63, 3.8) is 0 Å². The number of carbonyl (C=O) groups is 1. The number of aryl methyl sites for hydroxylation is 2. The zero-order valence-electron chi connectivity index (χ0n) is 7.21. The predicted molar refractivity (Wildman–Crippen MR) is 41.8 cm³/mol. The Kier molecular flexibility index (Phi) is 2.65. The lowest BCUT2D eigenvalue weighted by molar-refractivity contribution is 0.0676. The highest BCUT2D eigenvalue weighted by atomic mass is 19.3. The van der Waals surface area contributed by atoms with Crippen molar-refractivity contribution in [3.8, 4) is 0 Å². The summed E-state index contributed by atoms with van der Waals surface area (Å²) in [6.45, 7) is 3.01. The summed E-state index contributed by atoms with van der Waals surface area (Å²) in [5.41, 5.74) is 0.508. The summed E-state index contributed by atoms with van der Waals surface area (Å²) in [5.74, 6) is -1.21. The second kappa shape index (κ2) is 3.55. The summed E-state index contributed by atoms with van der Waals surface area (Å²) in [6.07, 6.45) is -1.75. The van der Waals surface area contributed by atoms with Crippen LogP contribution in [-0.2, 0) is 0 Å². The average molecular weight is 186 g/mol. The first-order chi connectivity index (χ1) is 6.04. The third-order valence-electron chi connectivity index (χ3n) is 1.67. The van der Waals surface area contributed by atoms with Gasteiger partial charge in [0.2, 0.25) is 5.78 Å². The number of aromatic nitrogens is 2. The molecule has 70 valence electrons. The maximum absolute atomic E-state index is 12.1. The maximum Gasteiger partial charge on any atom is 0.300 e. The van der Waals surface area contributed by atoms with Gasteiger partial charge in [0.25, 0.3) is 0 Å². The first-order valence-corrected chi connectivity index (χ1v) is 3.64. The van der Waals surface area contributed by atoms with E-state index >= 15 is 0 Å². The highest BCUT2D eigenvalue weighted by Crippen LogP contribution is 2.13. The van der Waals surface area contributed by atoms with Crippen molar-refractivity contribution in [3.05, 3.63) is 23.3 Å². The first-order valence-electron chi connectivity index (χ1n) is 3.64. The van der Waals surface area contributed by atoms with Gasteiger partial charge in [0.05, 0.1) is 17.0 Å². The monoisotopic (exact) mass is 186 g/mol. The number of Topliss-reactive ketones (excluding diaryl/α,β-unsaturated/α-hetero) is 1. The van der Waals surface area contributed by atoms with E-state index in [0.29, 0.717) is 0 Å². The van der Waals surface area contributed by atoms with E-state index in [4.69, 9.17) is 0 Å². The first kappa shape index (κ1) is 9.70. The lowest BCUT2D eigenvalue weighted by Crippen LogP contribution is -2.15. The molecule has 0 aliphatic carbocycles. The van der Waals surface area contributed by atoms with Gasteiger partial charge in [-0.15, -0.1) is 0 Å². The predicted octanol–water partition coefficient (Wildman–Crippen LogP) is 1.54. The van der Waals surface area contributed by atoms with Crippen molar-refractivity contribution in [2.24, 2.45) is 0 Å². The van der Waals surface area contributed by atoms with E-state index in [-0.39, 0.29) is 17.0 Å². The van der Waals surface area contributed by atoms with Crippen molar-refractivity contribution in [1.82, 2.24) is 9.97 Å². The average Bonchev–Trinajstić information content (AvgIpc) is 2.03. The van der Waals surface area contributed by atoms with Crippen molar-refractivity contribution in [2.45, 2.75) is 20.3 Å². The molecule has 0 atom stereocenters. The van der Waals surface area contributed by atoms with Crippen LogP contribution in [0.25, 0.3) is 0 Å². The van der Waals surface area contributed by atoms with Crippen molar-refractivity contribution in [1.29, 1.82) is 0 Å². The molecule has 0 spiro atoms. The fourth-order valence-corrected chi connectivity index (χ4v) is 1.06. The summed E-state index contributed by atoms with van der Waals surface area (Å²) in [6, 6.07) is 0. The number of ketones is 1. The Labute approximate surface area is 73.8 Å². The van der Waals surface area contributed by atoms with Crippen LogP contribution in [0.5, 0.6) is 0 Å². The third-order valence-corrected chi connectivity index (χ3v) is 1.67. The number of rotatable bonds is 2. The number of nitrogens with zero attached hydrogens (tertiary/aromatic N) is 2. The van der Waals surface area contributed by atoms with Crippen LogP contribution in [0.15, 0.2) is 6.33 Å². The molecule has 1 heterocycles. The second-order valence-electron chi connectivity index (χ2n) is 2.58. The molecular weight excluding hydrogens is 178 g/mol. The molecule has 0 saturated heterocycles. The Hall–Kier alpha value is -1.39. The van der Waals surface area contributed by atoms with Crippen LogP contribution in [0.2, 0.25) is 0 Å². The van der Waals surface area contributed by atoms with E-state index in [9.17, 15) is 13.6 Å². The third kappa shape index (κ3) is 1.85. The Bertz CT molecular complexity index is 319. The van der Waals surface area contributed by atoms with Gasteiger partial charge >= 0.3 is 6.43 Å². The summed E-state index contributed by atoms with van der Waals surface area (Å²) in [7, 11) is 0. The number of halogens is 2. The molecule has 5 heteroatoms. The van der Waals surface area contributed by atoms with E-state index in [1.807, 2.05) is 0 Å². The standard InChI is InChI=1S/C8H8F2N2O/c1-4-6(7(13)8(9)10)5(2)12-3-11-4/h3,8H,1-2H3. The SMILES string of the molecule is Cc1ncnc(C)c1C(=O)C(F)F. The minimum atomic E-state index is -3.00. The highest BCUT2D eigenvalue weighted by molar-refractivity contribution is 6.00. The van der Waals surface area contributed by atoms with Crippen LogP contribution >= 0.6 is 0 Å². The second-order valence-corrected chi connectivity index (χ2v) is 2.58. The Balaban J connectivity index is 3.20. The van der Waals surface area contributed by atoms with Gasteiger partial charge in [-0.2, -0.15) is 0 Å². The fourth-order valence-electron chi connectivity index (χ4n) is 1.06. The van der Waals surface area contributed by atoms with Gasteiger partial charge < -0.3 is 0 Å². The van der Waals surface area contributed by atoms with Crippen molar-refractivity contribution < 1.29 is 13.6 Å². The molecule has 0 unspecified atom stereocenters. The number of hydrogen-bond donors (Lipinski definition) is 0. The molecule has 1 rings (SSSR count). The molecule has 0 radical (unpaired) electrons. The van der Waals surface area contributed by atoms with E-state index in [2.05, 4.69) is 9.97 Å². The lowest BCUT2D eigenvalue weighted by atomic mass is 10.1. The van der Waals surface area contributed by atoms with Gasteiger partial charge in [-0.1, -0.05) is 0 Å². The van der Waals surface area contributed by atoms with Crippen LogP contribution in [-0.4, -0.2) is 22.2 Å². The molecule has 0 bridgehead atoms. The molecule has 0 amide bonds. The van der Waals surface area contributed by atoms with Crippen LogP contribution < -0.4 is 0 Å². The molecule has 0 fully saturated rings. The van der Waals surface area contributed by atoms with E-state index in [1.165, 1.54) is 20.2 Å². The molecule has 1 aromatic heterocycles. The summed E-state index contributed by atoms with van der Waals surface area (Å²) < 4.78 is 24.1. The maximum atomic E-state index is 12.1. The van der Waals surface area contributed by atoms with Crippen molar-refractivity contribution in [2.75, 3.05) is 0 Å². The Morgan fingerprint density at radius 3 is 2.15 bits per heavy atom. The van der Waals surface area contributed by atoms with Gasteiger partial charge in [-0.3, -0.25) is 4.79 Å². The largest absolute Gasteiger partial charge is 0.300 e. The minimum Gasteiger partial charge on any atom is -0.288 e. The van der Waals surface area contributed by atoms with E-state index < -0.39 is 12.2 Å². The minimum absolute atomic E-state index is 0.0718. The molecule has 0 saturated carbocycles. The molecule has 1 aromatic rings. The van der Waals surface area contributed by atoms with Crippen molar-refractivity contribution >= 4 is 5.78 Å². The van der Waals surface area contributed by atoms with Gasteiger partial charge in [-0.25, -0.2) is 18.7 Å². The molecule has 3 nitrogen and oxygen atoms in total. The Morgan fingerprint density at radius 1 is 1.31 bits per heavy atom. The Morgan fingerprint density at radius 2 is 1.77 bits per heavy atom. The highest BCUT2D eigenvalue weighted by Gasteiger charge is 2.22. The lowest BCUT2D eigenvalue weighted by Gasteiger charge is -2.04. The fraction of sp³-hybridized carbons (Fsp3) is 0.375. The normalized spacial score (nSPS) is 10.5. The molecule has 0 aliphatic heterocycles. The zero-order valence-corrected chi connectivity index (χ0v) is 7.21. The van der Waals surface area contributed by atoms with Crippen LogP contribution in [0.1, 0.15) is 21.7 Å². The number of hydrogen-bond acceptors (Lipinski definition) is 3. The quantitative estimate of drug-likeness (QED) is 0.658. The van der Waals surface area contributed by atoms with Gasteiger partial charge in [0.15, 0.2) is 0 Å². The van der Waals surface area contributed by atoms with Crippen LogP contribution in [0.3, 0.4) is 0 Å². The molecular formula is C8H8F2N2O. The molecule has 0 N–H and O–H groups in total. The molecule has 13 heavy (non-hydrogen) atoms. The summed E-state index contributed by atoms with van der Waals surface area (Å²) in [5, 5.41) is 0. The topological polar surface area (TPSA) is 42.9 Å². The number of carbonyl (C=O) groups excluding carboxylic acids is 1. The van der Waals surface area contributed by atoms with E-state index in [0.717, 1.165) is 0 Å². The summed E-state index contributed by atoms with van der Waals surface area (Å²) in [4.78, 5) is 18.3. The van der Waals surface area contributed by atoms with Crippen LogP contribution in [0.4, 0.5) is 8.78 Å². The number of alkyl halides is 2. The van der Waals surface area contributed by atoms with E-state index in [1.54, 1.807) is 0 Å². The van der Waals surface area contributed by atoms with Gasteiger partial charge in [-0.05, 0) is 13.8 Å².